The van der Waals surface area contributed by atoms with Gasteiger partial charge in [0, 0.05) is 6.61 Å². The van der Waals surface area contributed by atoms with Crippen molar-refractivity contribution in [2.24, 2.45) is 0 Å². The van der Waals surface area contributed by atoms with Crippen LogP contribution in [-0.4, -0.2) is 26.3 Å². The van der Waals surface area contributed by atoms with Crippen LogP contribution in [0.4, 0.5) is 0 Å². The van der Waals surface area contributed by atoms with Crippen LogP contribution in [0.15, 0.2) is 60.7 Å². The third kappa shape index (κ3) is 3.69. The van der Waals surface area contributed by atoms with Crippen molar-refractivity contribution in [1.82, 2.24) is 0 Å². The summed E-state index contributed by atoms with van der Waals surface area (Å²) in [5.41, 5.74) is 0. The highest BCUT2D eigenvalue weighted by Gasteiger charge is 2.11. The standard InChI is InChI=1S/C14H15OP.BH3/c15-11-12-16(13-7-3-1-4-8-13)14-9-5-2-6-10-14;/h1-10,15H,11-12H2;1H3. The van der Waals surface area contributed by atoms with E-state index in [0.29, 0.717) is 0 Å². The van der Waals surface area contributed by atoms with Crippen LogP contribution in [0, 0.1) is 0 Å². The van der Waals surface area contributed by atoms with Crippen LogP contribution in [0.25, 0.3) is 0 Å². The van der Waals surface area contributed by atoms with E-state index in [9.17, 15) is 5.11 Å². The zero-order valence-electron chi connectivity index (χ0n) is 9.08. The van der Waals surface area contributed by atoms with Crippen molar-refractivity contribution in [3.8, 4) is 0 Å². The monoisotopic (exact) mass is 244 g/mol. The Balaban J connectivity index is 0.00000144. The Morgan fingerprint density at radius 1 is 0.765 bits per heavy atom. The number of benzene rings is 2. The molecule has 0 aliphatic carbocycles. The first kappa shape index (κ1) is 14.0. The van der Waals surface area contributed by atoms with Crippen molar-refractivity contribution >= 4 is 26.9 Å². The topological polar surface area (TPSA) is 20.2 Å². The summed E-state index contributed by atoms with van der Waals surface area (Å²) >= 11 is 0. The molecule has 0 spiro atoms. The summed E-state index contributed by atoms with van der Waals surface area (Å²) in [6.45, 7) is 0.246. The highest BCUT2D eigenvalue weighted by molar-refractivity contribution is 7.73. The zero-order chi connectivity index (χ0) is 11.2. The van der Waals surface area contributed by atoms with Crippen LogP contribution in [0.3, 0.4) is 0 Å². The maximum absolute atomic E-state index is 9.18. The fraction of sp³-hybridized carbons (Fsp3) is 0.143. The smallest absolute Gasteiger partial charge is 0.0814 e. The molecule has 1 nitrogen and oxygen atoms in total. The predicted octanol–water partition coefficient (Wildman–Crippen LogP) is 0.928. The Labute approximate surface area is 106 Å². The van der Waals surface area contributed by atoms with Gasteiger partial charge in [-0.15, -0.1) is 0 Å². The normalized spacial score (nSPS) is 10.0. The highest BCUT2D eigenvalue weighted by Crippen LogP contribution is 2.32. The van der Waals surface area contributed by atoms with Crippen molar-refractivity contribution in [2.75, 3.05) is 12.8 Å². The van der Waals surface area contributed by atoms with Gasteiger partial charge in [-0.2, -0.15) is 0 Å². The fourth-order valence-corrected chi connectivity index (χ4v) is 3.80. The molecule has 2 aromatic carbocycles. The molecule has 0 aliphatic rings. The molecule has 0 radical (unpaired) electrons. The van der Waals surface area contributed by atoms with Crippen molar-refractivity contribution in [3.05, 3.63) is 60.7 Å². The van der Waals surface area contributed by atoms with Gasteiger partial charge in [-0.05, 0) is 24.7 Å². The van der Waals surface area contributed by atoms with Crippen LogP contribution in [0.1, 0.15) is 0 Å². The van der Waals surface area contributed by atoms with Gasteiger partial charge in [0.2, 0.25) is 0 Å². The maximum Gasteiger partial charge on any atom is 0.0814 e. The highest BCUT2D eigenvalue weighted by atomic mass is 31.1. The minimum atomic E-state index is -0.401. The van der Waals surface area contributed by atoms with Crippen LogP contribution < -0.4 is 10.6 Å². The number of hydrogen-bond acceptors (Lipinski definition) is 1. The Morgan fingerprint density at radius 2 is 1.18 bits per heavy atom. The average molecular weight is 244 g/mol. The molecule has 3 heteroatoms. The van der Waals surface area contributed by atoms with E-state index >= 15 is 0 Å². The van der Waals surface area contributed by atoms with Crippen molar-refractivity contribution < 1.29 is 5.11 Å². The molecule has 1 N–H and O–H groups in total. The van der Waals surface area contributed by atoms with E-state index in [4.69, 9.17) is 0 Å². The molecule has 0 saturated carbocycles. The molecular weight excluding hydrogens is 226 g/mol. The van der Waals surface area contributed by atoms with Crippen LogP contribution in [0.2, 0.25) is 0 Å². The molecule has 0 saturated heterocycles. The maximum atomic E-state index is 9.18. The van der Waals surface area contributed by atoms with Crippen molar-refractivity contribution in [1.29, 1.82) is 0 Å². The molecule has 2 rings (SSSR count). The molecule has 0 aromatic heterocycles. The van der Waals surface area contributed by atoms with E-state index in [1.807, 2.05) is 12.1 Å². The third-order valence-electron chi connectivity index (χ3n) is 2.46. The molecule has 0 fully saturated rings. The minimum absolute atomic E-state index is 0. The molecule has 0 aliphatic heterocycles. The van der Waals surface area contributed by atoms with Gasteiger partial charge < -0.3 is 5.11 Å². The Kier molecular flexibility index (Phi) is 5.97. The van der Waals surface area contributed by atoms with E-state index < -0.39 is 7.92 Å². The van der Waals surface area contributed by atoms with E-state index in [0.717, 1.165) is 6.16 Å². The lowest BCUT2D eigenvalue weighted by Crippen LogP contribution is -2.15. The summed E-state index contributed by atoms with van der Waals surface area (Å²) in [5, 5.41) is 11.8. The molecule has 17 heavy (non-hydrogen) atoms. The van der Waals surface area contributed by atoms with Gasteiger partial charge in [-0.25, -0.2) is 0 Å². The zero-order valence-corrected chi connectivity index (χ0v) is 9.98. The molecule has 0 amide bonds. The summed E-state index contributed by atoms with van der Waals surface area (Å²) in [6.07, 6.45) is 0.837. The lowest BCUT2D eigenvalue weighted by molar-refractivity contribution is 0.322. The second-order valence-corrected chi connectivity index (χ2v) is 5.88. The summed E-state index contributed by atoms with van der Waals surface area (Å²) in [7, 11) is -0.401. The average Bonchev–Trinajstić information content (AvgIpc) is 2.38. The molecular formula is C14H18BOP. The van der Waals surface area contributed by atoms with E-state index in [2.05, 4.69) is 48.5 Å². The lowest BCUT2D eigenvalue weighted by atomic mass is 10.4. The van der Waals surface area contributed by atoms with Gasteiger partial charge in [-0.1, -0.05) is 60.7 Å². The first-order valence-corrected chi connectivity index (χ1v) is 6.93. The molecule has 0 heterocycles. The van der Waals surface area contributed by atoms with E-state index in [1.54, 1.807) is 0 Å². The van der Waals surface area contributed by atoms with Gasteiger partial charge in [0.1, 0.15) is 0 Å². The Bertz CT molecular complexity index is 379. The van der Waals surface area contributed by atoms with E-state index in [1.165, 1.54) is 10.6 Å². The summed E-state index contributed by atoms with van der Waals surface area (Å²) in [5.74, 6) is 0. The number of hydrogen-bond donors (Lipinski definition) is 1. The van der Waals surface area contributed by atoms with Crippen LogP contribution >= 0.6 is 7.92 Å². The Morgan fingerprint density at radius 3 is 1.53 bits per heavy atom. The SMILES string of the molecule is B.OCCP(c1ccccc1)c1ccccc1. The van der Waals surface area contributed by atoms with Gasteiger partial charge in [0.25, 0.3) is 0 Å². The van der Waals surface area contributed by atoms with Crippen LogP contribution in [-0.2, 0) is 0 Å². The summed E-state index contributed by atoms with van der Waals surface area (Å²) in [6, 6.07) is 20.9. The number of rotatable bonds is 4. The quantitative estimate of drug-likeness (QED) is 0.626. The summed E-state index contributed by atoms with van der Waals surface area (Å²) < 4.78 is 0. The second kappa shape index (κ2) is 7.27. The van der Waals surface area contributed by atoms with Gasteiger partial charge in [0.15, 0.2) is 0 Å². The van der Waals surface area contributed by atoms with Gasteiger partial charge in [0.05, 0.1) is 8.41 Å². The first-order chi connectivity index (χ1) is 7.92. The molecule has 0 bridgehead atoms. The molecule has 0 unspecified atom stereocenters. The number of aliphatic hydroxyl groups is 1. The molecule has 88 valence electrons. The minimum Gasteiger partial charge on any atom is -0.396 e. The third-order valence-corrected chi connectivity index (χ3v) is 4.95. The second-order valence-electron chi connectivity index (χ2n) is 3.55. The lowest BCUT2D eigenvalue weighted by Gasteiger charge is -2.17. The Hall–Kier alpha value is -1.11. The first-order valence-electron chi connectivity index (χ1n) is 5.40. The van der Waals surface area contributed by atoms with Crippen molar-refractivity contribution in [2.45, 2.75) is 0 Å². The van der Waals surface area contributed by atoms with Gasteiger partial charge >= 0.3 is 0 Å². The largest absolute Gasteiger partial charge is 0.396 e. The predicted molar refractivity (Wildman–Crippen MR) is 81.0 cm³/mol. The molecule has 0 atom stereocenters. The van der Waals surface area contributed by atoms with Gasteiger partial charge in [-0.3, -0.25) is 0 Å². The summed E-state index contributed by atoms with van der Waals surface area (Å²) in [4.78, 5) is 0. The molecule has 2 aromatic rings. The van der Waals surface area contributed by atoms with Crippen LogP contribution in [0.5, 0.6) is 0 Å². The van der Waals surface area contributed by atoms with Crippen molar-refractivity contribution in [3.63, 3.8) is 0 Å². The van der Waals surface area contributed by atoms with E-state index in [-0.39, 0.29) is 15.0 Å². The number of aliphatic hydroxyl groups excluding tert-OH is 1. The fourth-order valence-electron chi connectivity index (χ4n) is 1.72.